The molecule has 0 unspecified atom stereocenters. The smallest absolute Gasteiger partial charge is 0.120 e. The maximum Gasteiger partial charge on any atom is 0.120 e. The van der Waals surface area contributed by atoms with Crippen LogP contribution in [0.2, 0.25) is 0 Å². The van der Waals surface area contributed by atoms with Gasteiger partial charge < -0.3 is 5.11 Å². The normalized spacial score (nSPS) is 10.5. The molecular weight excluding hydrogens is 152 g/mol. The Labute approximate surface area is 71.7 Å². The molecule has 0 atom stereocenters. The zero-order valence-electron chi connectivity index (χ0n) is 7.20. The van der Waals surface area contributed by atoms with Gasteiger partial charge in [0.2, 0.25) is 0 Å². The predicted molar refractivity (Wildman–Crippen MR) is 50.6 cm³/mol. The van der Waals surface area contributed by atoms with Crippen molar-refractivity contribution in [3.63, 3.8) is 0 Å². The van der Waals surface area contributed by atoms with Crippen LogP contribution in [0.3, 0.4) is 0 Å². The number of phenolic OH excluding ortho intramolecular Hbond substituents is 1. The summed E-state index contributed by atoms with van der Waals surface area (Å²) in [5.74, 6) is 0.284. The molecule has 0 saturated carbocycles. The number of anilines is 1. The van der Waals surface area contributed by atoms with Gasteiger partial charge in [0.25, 0.3) is 0 Å². The molecule has 0 saturated heterocycles. The lowest BCUT2D eigenvalue weighted by molar-refractivity contribution is 0.471. The van der Waals surface area contributed by atoms with Crippen LogP contribution in [-0.4, -0.2) is 11.3 Å². The summed E-state index contributed by atoms with van der Waals surface area (Å²) in [4.78, 5) is 0. The SMILES string of the molecule is C/C=N\Nc1ccc(C)c(O)c1. The molecule has 0 aliphatic heterocycles. The molecule has 0 amide bonds. The van der Waals surface area contributed by atoms with Gasteiger partial charge in [-0.1, -0.05) is 6.07 Å². The number of aromatic hydroxyl groups is 1. The third kappa shape index (κ3) is 1.99. The molecule has 2 N–H and O–H groups in total. The van der Waals surface area contributed by atoms with E-state index >= 15 is 0 Å². The molecular formula is C9H12N2O. The Morgan fingerprint density at radius 3 is 2.83 bits per heavy atom. The van der Waals surface area contributed by atoms with Crippen molar-refractivity contribution in [3.8, 4) is 5.75 Å². The maximum absolute atomic E-state index is 9.31. The van der Waals surface area contributed by atoms with Gasteiger partial charge >= 0.3 is 0 Å². The summed E-state index contributed by atoms with van der Waals surface area (Å²) in [6, 6.07) is 5.34. The molecule has 0 spiro atoms. The minimum absolute atomic E-state index is 0.284. The van der Waals surface area contributed by atoms with Crippen LogP contribution in [0.25, 0.3) is 0 Å². The van der Waals surface area contributed by atoms with Crippen LogP contribution in [-0.2, 0) is 0 Å². The number of phenols is 1. The molecule has 0 aromatic heterocycles. The van der Waals surface area contributed by atoms with Gasteiger partial charge in [-0.05, 0) is 25.5 Å². The van der Waals surface area contributed by atoms with Crippen LogP contribution in [0.5, 0.6) is 5.75 Å². The van der Waals surface area contributed by atoms with Crippen molar-refractivity contribution in [2.45, 2.75) is 13.8 Å². The molecule has 64 valence electrons. The molecule has 1 aromatic rings. The summed E-state index contributed by atoms with van der Waals surface area (Å²) in [5, 5.41) is 13.1. The van der Waals surface area contributed by atoms with E-state index in [0.717, 1.165) is 11.3 Å². The van der Waals surface area contributed by atoms with Crippen LogP contribution in [0, 0.1) is 6.92 Å². The fourth-order valence-corrected chi connectivity index (χ4v) is 0.818. The molecule has 3 heteroatoms. The second-order valence-electron chi connectivity index (χ2n) is 2.50. The van der Waals surface area contributed by atoms with Gasteiger partial charge in [0.15, 0.2) is 0 Å². The van der Waals surface area contributed by atoms with Crippen LogP contribution in [0.1, 0.15) is 12.5 Å². The molecule has 0 aliphatic rings. The maximum atomic E-state index is 9.31. The lowest BCUT2D eigenvalue weighted by atomic mass is 10.2. The van der Waals surface area contributed by atoms with E-state index in [4.69, 9.17) is 0 Å². The lowest BCUT2D eigenvalue weighted by Gasteiger charge is -2.02. The van der Waals surface area contributed by atoms with Crippen molar-refractivity contribution < 1.29 is 5.11 Å². The second-order valence-corrected chi connectivity index (χ2v) is 2.50. The summed E-state index contributed by atoms with van der Waals surface area (Å²) >= 11 is 0. The first-order chi connectivity index (χ1) is 5.74. The first kappa shape index (κ1) is 8.59. The van der Waals surface area contributed by atoms with Crippen molar-refractivity contribution >= 4 is 11.9 Å². The number of rotatable bonds is 2. The fraction of sp³-hybridized carbons (Fsp3) is 0.222. The van der Waals surface area contributed by atoms with Crippen molar-refractivity contribution in [1.29, 1.82) is 0 Å². The lowest BCUT2D eigenvalue weighted by Crippen LogP contribution is -1.87. The number of nitrogens with zero attached hydrogens (tertiary/aromatic N) is 1. The van der Waals surface area contributed by atoms with Crippen LogP contribution >= 0.6 is 0 Å². The third-order valence-corrected chi connectivity index (χ3v) is 1.53. The standard InChI is InChI=1S/C9H12N2O/c1-3-10-11-8-5-4-7(2)9(12)6-8/h3-6,11-12H,1-2H3/b10-3-. The van der Waals surface area contributed by atoms with Gasteiger partial charge in [-0.2, -0.15) is 5.10 Å². The average Bonchev–Trinajstić information content (AvgIpc) is 2.07. The zero-order chi connectivity index (χ0) is 8.97. The van der Waals surface area contributed by atoms with Crippen LogP contribution in [0.15, 0.2) is 23.3 Å². The van der Waals surface area contributed by atoms with Crippen molar-refractivity contribution in [2.75, 3.05) is 5.43 Å². The number of hydrogen-bond acceptors (Lipinski definition) is 3. The van der Waals surface area contributed by atoms with E-state index in [2.05, 4.69) is 10.5 Å². The molecule has 1 rings (SSSR count). The van der Waals surface area contributed by atoms with Crippen LogP contribution < -0.4 is 5.43 Å². The van der Waals surface area contributed by atoms with E-state index in [-0.39, 0.29) is 5.75 Å². The Morgan fingerprint density at radius 2 is 2.25 bits per heavy atom. The van der Waals surface area contributed by atoms with Gasteiger partial charge in [0, 0.05) is 12.3 Å². The van der Waals surface area contributed by atoms with Crippen molar-refractivity contribution in [2.24, 2.45) is 5.10 Å². The van der Waals surface area contributed by atoms with Crippen LogP contribution in [0.4, 0.5) is 5.69 Å². The monoisotopic (exact) mass is 164 g/mol. The van der Waals surface area contributed by atoms with E-state index < -0.39 is 0 Å². The molecule has 0 fully saturated rings. The summed E-state index contributed by atoms with van der Waals surface area (Å²) in [5.41, 5.74) is 4.42. The van der Waals surface area contributed by atoms with E-state index in [1.165, 1.54) is 0 Å². The average molecular weight is 164 g/mol. The number of hydrazone groups is 1. The Bertz CT molecular complexity index is 295. The van der Waals surface area contributed by atoms with E-state index in [1.807, 2.05) is 26.0 Å². The van der Waals surface area contributed by atoms with E-state index in [1.54, 1.807) is 12.3 Å². The van der Waals surface area contributed by atoms with Crippen molar-refractivity contribution in [3.05, 3.63) is 23.8 Å². The Hall–Kier alpha value is -1.51. The van der Waals surface area contributed by atoms with E-state index in [0.29, 0.717) is 0 Å². The molecule has 0 bridgehead atoms. The van der Waals surface area contributed by atoms with Gasteiger partial charge in [-0.25, -0.2) is 0 Å². The van der Waals surface area contributed by atoms with Crippen molar-refractivity contribution in [1.82, 2.24) is 0 Å². The van der Waals surface area contributed by atoms with E-state index in [9.17, 15) is 5.11 Å². The first-order valence-electron chi connectivity index (χ1n) is 3.77. The summed E-state index contributed by atoms with van der Waals surface area (Å²) in [6.07, 6.45) is 1.65. The highest BCUT2D eigenvalue weighted by molar-refractivity contribution is 5.57. The summed E-state index contributed by atoms with van der Waals surface area (Å²) < 4.78 is 0. The molecule has 12 heavy (non-hydrogen) atoms. The number of hydrogen-bond donors (Lipinski definition) is 2. The quantitative estimate of drug-likeness (QED) is 0.519. The third-order valence-electron chi connectivity index (χ3n) is 1.53. The minimum atomic E-state index is 0.284. The van der Waals surface area contributed by atoms with Gasteiger partial charge in [-0.15, -0.1) is 0 Å². The molecule has 0 radical (unpaired) electrons. The highest BCUT2D eigenvalue weighted by Crippen LogP contribution is 2.20. The Balaban J connectivity index is 2.82. The fourth-order valence-electron chi connectivity index (χ4n) is 0.818. The highest BCUT2D eigenvalue weighted by Gasteiger charge is 1.95. The first-order valence-corrected chi connectivity index (χ1v) is 3.77. The molecule has 1 aromatic carbocycles. The zero-order valence-corrected chi connectivity index (χ0v) is 7.20. The number of nitrogens with one attached hydrogen (secondary N) is 1. The number of benzene rings is 1. The molecule has 0 aliphatic carbocycles. The summed E-state index contributed by atoms with van der Waals surface area (Å²) in [7, 11) is 0. The van der Waals surface area contributed by atoms with Gasteiger partial charge in [-0.3, -0.25) is 5.43 Å². The Morgan fingerprint density at radius 1 is 1.50 bits per heavy atom. The number of aryl methyl sites for hydroxylation is 1. The largest absolute Gasteiger partial charge is 0.508 e. The second kappa shape index (κ2) is 3.76. The molecule has 3 nitrogen and oxygen atoms in total. The molecule has 0 heterocycles. The topological polar surface area (TPSA) is 44.6 Å². The summed E-state index contributed by atoms with van der Waals surface area (Å²) in [6.45, 7) is 3.67. The Kier molecular flexibility index (Phi) is 2.69. The van der Waals surface area contributed by atoms with Gasteiger partial charge in [0.05, 0.1) is 5.69 Å². The minimum Gasteiger partial charge on any atom is -0.508 e. The van der Waals surface area contributed by atoms with Gasteiger partial charge in [0.1, 0.15) is 5.75 Å². The highest BCUT2D eigenvalue weighted by atomic mass is 16.3. The predicted octanol–water partition coefficient (Wildman–Crippen LogP) is 2.12.